The maximum atomic E-state index is 12.5. The van der Waals surface area contributed by atoms with Gasteiger partial charge in [-0.1, -0.05) is 24.6 Å². The van der Waals surface area contributed by atoms with Crippen LogP contribution in [0.2, 0.25) is 0 Å². The summed E-state index contributed by atoms with van der Waals surface area (Å²) in [5, 5.41) is 0.953. The van der Waals surface area contributed by atoms with Gasteiger partial charge < -0.3 is 0 Å². The normalized spacial score (nSPS) is 40.9. The third kappa shape index (κ3) is 1.91. The van der Waals surface area contributed by atoms with E-state index in [1.807, 2.05) is 4.90 Å². The summed E-state index contributed by atoms with van der Waals surface area (Å²) in [4.78, 5) is 19.2. The number of carbonyl (C=O) groups is 1. The fourth-order valence-electron chi connectivity index (χ4n) is 2.96. The van der Waals surface area contributed by atoms with Crippen LogP contribution in [-0.4, -0.2) is 39.1 Å². The van der Waals surface area contributed by atoms with Crippen LogP contribution < -0.4 is 0 Å². The highest BCUT2D eigenvalue weighted by Crippen LogP contribution is 2.42. The number of amidine groups is 1. The van der Waals surface area contributed by atoms with Crippen LogP contribution >= 0.6 is 24.4 Å². The molecule has 94 valence electrons. The van der Waals surface area contributed by atoms with Crippen molar-refractivity contribution in [3.63, 3.8) is 0 Å². The standard InChI is InChI=1S/C12H18N2OS2/c1-12(7-16)6-14-10(15)8-4-2-3-5-9(8)13-11(14)17-12/h8-9,16H,2-7H2,1H3. The minimum Gasteiger partial charge on any atom is -0.290 e. The Morgan fingerprint density at radius 3 is 3.06 bits per heavy atom. The molecule has 5 heteroatoms. The molecule has 0 bridgehead atoms. The summed E-state index contributed by atoms with van der Waals surface area (Å²) in [6, 6.07) is 0.261. The number of nitrogens with zero attached hydrogens (tertiary/aromatic N) is 2. The monoisotopic (exact) mass is 270 g/mol. The molecule has 0 radical (unpaired) electrons. The first-order chi connectivity index (χ1) is 8.13. The number of amides is 1. The molecule has 0 aromatic carbocycles. The molecule has 1 saturated heterocycles. The van der Waals surface area contributed by atoms with Crippen LogP contribution in [0.25, 0.3) is 0 Å². The lowest BCUT2D eigenvalue weighted by molar-refractivity contribution is -0.133. The number of aliphatic imine (C=N–C) groups is 1. The summed E-state index contributed by atoms with van der Waals surface area (Å²) >= 11 is 6.13. The minimum atomic E-state index is 0.0467. The van der Waals surface area contributed by atoms with E-state index < -0.39 is 0 Å². The van der Waals surface area contributed by atoms with Crippen LogP contribution in [-0.2, 0) is 4.79 Å². The third-order valence-corrected chi connectivity index (χ3v) is 6.17. The second kappa shape index (κ2) is 4.19. The highest BCUT2D eigenvalue weighted by Gasteiger charge is 2.47. The summed E-state index contributed by atoms with van der Waals surface area (Å²) in [5.74, 6) is 1.27. The Balaban J connectivity index is 1.90. The van der Waals surface area contributed by atoms with Crippen LogP contribution in [0.15, 0.2) is 4.99 Å². The Hall–Kier alpha value is -0.160. The highest BCUT2D eigenvalue weighted by molar-refractivity contribution is 8.15. The quantitative estimate of drug-likeness (QED) is 0.741. The van der Waals surface area contributed by atoms with E-state index in [2.05, 4.69) is 19.6 Å². The van der Waals surface area contributed by atoms with E-state index in [1.54, 1.807) is 11.8 Å². The molecule has 0 spiro atoms. The van der Waals surface area contributed by atoms with Crippen LogP contribution in [0.4, 0.5) is 0 Å². The Morgan fingerprint density at radius 1 is 1.53 bits per heavy atom. The summed E-state index contributed by atoms with van der Waals surface area (Å²) < 4.78 is 0.0467. The Bertz CT molecular complexity index is 385. The van der Waals surface area contributed by atoms with Crippen molar-refractivity contribution in [3.05, 3.63) is 0 Å². The average molecular weight is 270 g/mol. The summed E-state index contributed by atoms with van der Waals surface area (Å²) in [6.07, 6.45) is 4.52. The van der Waals surface area contributed by atoms with Crippen molar-refractivity contribution in [2.75, 3.05) is 12.3 Å². The van der Waals surface area contributed by atoms with Crippen LogP contribution in [0.3, 0.4) is 0 Å². The van der Waals surface area contributed by atoms with Gasteiger partial charge in [-0.3, -0.25) is 14.7 Å². The molecule has 3 rings (SSSR count). The molecule has 3 aliphatic rings. The molecule has 3 unspecified atom stereocenters. The van der Waals surface area contributed by atoms with Crippen molar-refractivity contribution in [3.8, 4) is 0 Å². The van der Waals surface area contributed by atoms with Crippen LogP contribution in [0, 0.1) is 5.92 Å². The van der Waals surface area contributed by atoms with Gasteiger partial charge in [-0.15, -0.1) is 0 Å². The molecular weight excluding hydrogens is 252 g/mol. The molecule has 1 aliphatic carbocycles. The number of hydrogen-bond donors (Lipinski definition) is 1. The average Bonchev–Trinajstić information content (AvgIpc) is 2.68. The van der Waals surface area contributed by atoms with Gasteiger partial charge in [0.25, 0.3) is 0 Å². The largest absolute Gasteiger partial charge is 0.290 e. The smallest absolute Gasteiger partial charge is 0.233 e. The lowest BCUT2D eigenvalue weighted by Crippen LogP contribution is -2.48. The van der Waals surface area contributed by atoms with Crippen molar-refractivity contribution >= 4 is 35.5 Å². The lowest BCUT2D eigenvalue weighted by Gasteiger charge is -2.35. The van der Waals surface area contributed by atoms with Crippen molar-refractivity contribution < 1.29 is 4.79 Å². The maximum Gasteiger partial charge on any atom is 0.233 e. The number of carbonyl (C=O) groups excluding carboxylic acids is 1. The van der Waals surface area contributed by atoms with E-state index in [0.29, 0.717) is 5.91 Å². The number of fused-ring (bicyclic) bond motifs is 2. The second-order valence-corrected chi connectivity index (χ2v) is 7.38. The number of rotatable bonds is 1. The van der Waals surface area contributed by atoms with E-state index in [1.165, 1.54) is 12.8 Å². The molecule has 1 amide bonds. The second-order valence-electron chi connectivity index (χ2n) is 5.50. The molecule has 2 aliphatic heterocycles. The summed E-state index contributed by atoms with van der Waals surface area (Å²) in [6.45, 7) is 2.95. The predicted octanol–water partition coefficient (Wildman–Crippen LogP) is 2.18. The zero-order valence-corrected chi connectivity index (χ0v) is 11.8. The zero-order valence-electron chi connectivity index (χ0n) is 10.1. The van der Waals surface area contributed by atoms with E-state index in [4.69, 9.17) is 4.99 Å². The van der Waals surface area contributed by atoms with Gasteiger partial charge in [-0.2, -0.15) is 12.6 Å². The first-order valence-corrected chi connectivity index (χ1v) is 7.77. The highest BCUT2D eigenvalue weighted by atomic mass is 32.2. The molecule has 0 aromatic heterocycles. The summed E-state index contributed by atoms with van der Waals surface area (Å²) in [7, 11) is 0. The molecule has 3 nitrogen and oxygen atoms in total. The molecule has 2 heterocycles. The topological polar surface area (TPSA) is 32.7 Å². The van der Waals surface area contributed by atoms with E-state index >= 15 is 0 Å². The molecular formula is C12H18N2OS2. The van der Waals surface area contributed by atoms with Gasteiger partial charge in [-0.25, -0.2) is 0 Å². The zero-order chi connectivity index (χ0) is 12.0. The van der Waals surface area contributed by atoms with E-state index in [9.17, 15) is 4.79 Å². The number of thiol groups is 1. The van der Waals surface area contributed by atoms with Gasteiger partial charge in [0.1, 0.15) is 0 Å². The Labute approximate surface area is 112 Å². The molecule has 2 fully saturated rings. The van der Waals surface area contributed by atoms with Gasteiger partial charge in [-0.05, 0) is 19.8 Å². The molecule has 1 saturated carbocycles. The SMILES string of the molecule is CC1(CS)CN2C(=O)C3CCCCC3N=C2S1. The first-order valence-electron chi connectivity index (χ1n) is 6.32. The van der Waals surface area contributed by atoms with Crippen LogP contribution in [0.5, 0.6) is 0 Å². The molecule has 3 atom stereocenters. The minimum absolute atomic E-state index is 0.0467. The van der Waals surface area contributed by atoms with E-state index in [-0.39, 0.29) is 16.7 Å². The van der Waals surface area contributed by atoms with Gasteiger partial charge in [0.05, 0.1) is 12.0 Å². The summed E-state index contributed by atoms with van der Waals surface area (Å²) in [5.41, 5.74) is 0. The lowest BCUT2D eigenvalue weighted by atomic mass is 9.83. The molecule has 0 aromatic rings. The van der Waals surface area contributed by atoms with Crippen LogP contribution in [0.1, 0.15) is 32.6 Å². The fraction of sp³-hybridized carbons (Fsp3) is 0.833. The Kier molecular flexibility index (Phi) is 2.94. The van der Waals surface area contributed by atoms with E-state index in [0.717, 1.165) is 30.3 Å². The molecule has 17 heavy (non-hydrogen) atoms. The van der Waals surface area contributed by atoms with Gasteiger partial charge in [0.15, 0.2) is 5.17 Å². The van der Waals surface area contributed by atoms with Crippen molar-refractivity contribution in [2.45, 2.75) is 43.4 Å². The van der Waals surface area contributed by atoms with Crippen molar-refractivity contribution in [1.29, 1.82) is 0 Å². The van der Waals surface area contributed by atoms with Gasteiger partial charge >= 0.3 is 0 Å². The number of hydrogen-bond acceptors (Lipinski definition) is 4. The maximum absolute atomic E-state index is 12.5. The van der Waals surface area contributed by atoms with Crippen molar-refractivity contribution in [1.82, 2.24) is 4.90 Å². The van der Waals surface area contributed by atoms with Gasteiger partial charge in [0.2, 0.25) is 5.91 Å². The molecule has 0 N–H and O–H groups in total. The fourth-order valence-corrected chi connectivity index (χ4v) is 4.40. The predicted molar refractivity (Wildman–Crippen MR) is 74.7 cm³/mol. The number of thioether (sulfide) groups is 1. The Morgan fingerprint density at radius 2 is 2.29 bits per heavy atom. The van der Waals surface area contributed by atoms with Gasteiger partial charge in [0, 0.05) is 17.0 Å². The van der Waals surface area contributed by atoms with Crippen molar-refractivity contribution in [2.24, 2.45) is 10.9 Å². The first kappa shape index (κ1) is 11.9. The third-order valence-electron chi connectivity index (χ3n) is 3.98.